The number of rotatable bonds is 4. The summed E-state index contributed by atoms with van der Waals surface area (Å²) in [6, 6.07) is 3.99. The van der Waals surface area contributed by atoms with Crippen molar-refractivity contribution in [3.63, 3.8) is 0 Å². The molecule has 2 atom stereocenters. The molecule has 25 heavy (non-hydrogen) atoms. The molecular formula is C20H30O5. The molecular weight excluding hydrogens is 320 g/mol. The summed E-state index contributed by atoms with van der Waals surface area (Å²) in [5.74, 6) is 0.923. The van der Waals surface area contributed by atoms with Gasteiger partial charge < -0.3 is 24.1 Å². The average molecular weight is 350 g/mol. The average Bonchev–Trinajstić information content (AvgIpc) is 3.08. The molecule has 0 amide bonds. The van der Waals surface area contributed by atoms with E-state index in [4.69, 9.17) is 18.9 Å². The molecule has 1 saturated heterocycles. The number of aryl methyl sites for hydroxylation is 1. The smallest absolute Gasteiger partial charge is 0.170 e. The molecule has 1 saturated carbocycles. The van der Waals surface area contributed by atoms with Crippen LogP contribution in [0, 0.1) is 12.3 Å². The van der Waals surface area contributed by atoms with Crippen LogP contribution >= 0.6 is 0 Å². The summed E-state index contributed by atoms with van der Waals surface area (Å²) in [6.45, 7) is 9.38. The van der Waals surface area contributed by atoms with Crippen LogP contribution in [-0.2, 0) is 14.9 Å². The van der Waals surface area contributed by atoms with Crippen LogP contribution in [0.2, 0.25) is 0 Å². The molecule has 1 aromatic rings. The molecule has 2 aliphatic rings. The highest BCUT2D eigenvalue weighted by Gasteiger charge is 2.65. The minimum atomic E-state index is -0.635. The van der Waals surface area contributed by atoms with Crippen molar-refractivity contribution < 1.29 is 24.1 Å². The zero-order valence-electron chi connectivity index (χ0n) is 16.1. The fourth-order valence-electron chi connectivity index (χ4n) is 5.06. The van der Waals surface area contributed by atoms with Gasteiger partial charge in [0.2, 0.25) is 0 Å². The fourth-order valence-corrected chi connectivity index (χ4v) is 5.06. The Kier molecular flexibility index (Phi) is 4.55. The number of hydrogen-bond acceptors (Lipinski definition) is 5. The molecule has 1 aromatic carbocycles. The minimum absolute atomic E-state index is 0.251. The lowest BCUT2D eigenvalue weighted by Gasteiger charge is -2.44. The summed E-state index contributed by atoms with van der Waals surface area (Å²) >= 11 is 0. The van der Waals surface area contributed by atoms with Gasteiger partial charge in [-0.2, -0.15) is 0 Å². The highest BCUT2D eigenvalue weighted by atomic mass is 16.7. The van der Waals surface area contributed by atoms with Crippen LogP contribution in [0.25, 0.3) is 0 Å². The summed E-state index contributed by atoms with van der Waals surface area (Å²) in [6.07, 6.45) is 0.716. The molecule has 3 rings (SSSR count). The lowest BCUT2D eigenvalue weighted by atomic mass is 9.60. The van der Waals surface area contributed by atoms with Crippen LogP contribution in [0.15, 0.2) is 12.1 Å². The van der Waals surface area contributed by atoms with Gasteiger partial charge in [0.05, 0.1) is 33.5 Å². The zero-order chi connectivity index (χ0) is 18.5. The first-order chi connectivity index (χ1) is 11.7. The molecule has 1 heterocycles. The molecule has 1 aliphatic carbocycles. The Hall–Kier alpha value is -1.30. The van der Waals surface area contributed by atoms with Gasteiger partial charge in [-0.3, -0.25) is 0 Å². The van der Waals surface area contributed by atoms with Crippen LogP contribution < -0.4 is 9.47 Å². The molecule has 5 nitrogen and oxygen atoms in total. The van der Waals surface area contributed by atoms with Gasteiger partial charge in [0.25, 0.3) is 0 Å². The number of aliphatic hydroxyl groups excluding tert-OH is 1. The van der Waals surface area contributed by atoms with Gasteiger partial charge in [0.15, 0.2) is 5.79 Å². The molecule has 1 aliphatic heterocycles. The maximum atomic E-state index is 11.0. The molecule has 1 unspecified atom stereocenters. The quantitative estimate of drug-likeness (QED) is 0.904. The van der Waals surface area contributed by atoms with Crippen molar-refractivity contribution in [2.75, 3.05) is 27.4 Å². The van der Waals surface area contributed by atoms with Crippen molar-refractivity contribution in [3.05, 3.63) is 23.3 Å². The van der Waals surface area contributed by atoms with E-state index in [9.17, 15) is 5.11 Å². The first-order valence-electron chi connectivity index (χ1n) is 8.90. The topological polar surface area (TPSA) is 57.2 Å². The number of aliphatic hydroxyl groups is 1. The molecule has 5 heteroatoms. The van der Waals surface area contributed by atoms with Gasteiger partial charge in [-0.1, -0.05) is 13.8 Å². The van der Waals surface area contributed by atoms with E-state index < -0.39 is 17.3 Å². The van der Waals surface area contributed by atoms with Gasteiger partial charge in [0, 0.05) is 23.8 Å². The third kappa shape index (κ3) is 2.64. The van der Waals surface area contributed by atoms with E-state index in [0.29, 0.717) is 19.6 Å². The van der Waals surface area contributed by atoms with Crippen molar-refractivity contribution in [3.8, 4) is 11.5 Å². The Morgan fingerprint density at radius 1 is 1.04 bits per heavy atom. The predicted molar refractivity (Wildman–Crippen MR) is 95.3 cm³/mol. The van der Waals surface area contributed by atoms with E-state index in [1.54, 1.807) is 14.2 Å². The standard InChI is InChI=1S/C20H30O5/c1-13-9-17(23-6)15(10-16(13)22-5)20(14(2)21)12-19(11-18(20,3)4)24-7-8-25-19/h9-10,14,21H,7-8,11-12H2,1-6H3/t14?,20-/m1/s1. The van der Waals surface area contributed by atoms with E-state index in [-0.39, 0.29) is 5.41 Å². The third-order valence-corrected chi connectivity index (χ3v) is 6.19. The summed E-state index contributed by atoms with van der Waals surface area (Å²) in [7, 11) is 3.33. The highest BCUT2D eigenvalue weighted by Crippen LogP contribution is 2.63. The number of benzene rings is 1. The summed E-state index contributed by atoms with van der Waals surface area (Å²) in [4.78, 5) is 0. The van der Waals surface area contributed by atoms with E-state index in [1.807, 2.05) is 26.0 Å². The molecule has 1 N–H and O–H groups in total. The van der Waals surface area contributed by atoms with Crippen molar-refractivity contribution in [1.82, 2.24) is 0 Å². The van der Waals surface area contributed by atoms with Gasteiger partial charge >= 0.3 is 0 Å². The van der Waals surface area contributed by atoms with Gasteiger partial charge in [-0.15, -0.1) is 0 Å². The SMILES string of the molecule is COc1cc([C@]2(C(C)O)CC3(CC2(C)C)OCCO3)c(OC)cc1C. The third-order valence-electron chi connectivity index (χ3n) is 6.19. The van der Waals surface area contributed by atoms with Gasteiger partial charge in [-0.25, -0.2) is 0 Å². The Bertz CT molecular complexity index is 646. The van der Waals surface area contributed by atoms with Crippen LogP contribution in [-0.4, -0.2) is 44.4 Å². The fraction of sp³-hybridized carbons (Fsp3) is 0.700. The van der Waals surface area contributed by atoms with E-state index in [0.717, 1.165) is 29.0 Å². The Morgan fingerprint density at radius 3 is 2.16 bits per heavy atom. The second-order valence-corrected chi connectivity index (χ2v) is 8.01. The predicted octanol–water partition coefficient (Wildman–Crippen LogP) is 3.19. The first-order valence-corrected chi connectivity index (χ1v) is 8.90. The van der Waals surface area contributed by atoms with Gasteiger partial charge in [-0.05, 0) is 37.0 Å². The lowest BCUT2D eigenvalue weighted by molar-refractivity contribution is -0.158. The molecule has 0 aromatic heterocycles. The molecule has 1 spiro atoms. The van der Waals surface area contributed by atoms with Gasteiger partial charge in [0.1, 0.15) is 11.5 Å². The number of hydrogen-bond donors (Lipinski definition) is 1. The highest BCUT2D eigenvalue weighted by molar-refractivity contribution is 5.52. The van der Waals surface area contributed by atoms with Crippen LogP contribution in [0.5, 0.6) is 11.5 Å². The van der Waals surface area contributed by atoms with E-state index in [1.165, 1.54) is 0 Å². The second kappa shape index (κ2) is 6.15. The summed E-state index contributed by atoms with van der Waals surface area (Å²) in [5.41, 5.74) is 1.14. The zero-order valence-corrected chi connectivity index (χ0v) is 16.1. The molecule has 140 valence electrons. The maximum absolute atomic E-state index is 11.0. The van der Waals surface area contributed by atoms with E-state index in [2.05, 4.69) is 13.8 Å². The maximum Gasteiger partial charge on any atom is 0.170 e. The van der Waals surface area contributed by atoms with Crippen LogP contribution in [0.3, 0.4) is 0 Å². The van der Waals surface area contributed by atoms with E-state index >= 15 is 0 Å². The Labute approximate surface area is 150 Å². The van der Waals surface area contributed by atoms with Crippen molar-refractivity contribution in [2.24, 2.45) is 5.41 Å². The molecule has 2 fully saturated rings. The van der Waals surface area contributed by atoms with Crippen molar-refractivity contribution in [2.45, 2.75) is 57.8 Å². The molecule has 0 radical (unpaired) electrons. The second-order valence-electron chi connectivity index (χ2n) is 8.01. The largest absolute Gasteiger partial charge is 0.496 e. The normalized spacial score (nSPS) is 28.3. The monoisotopic (exact) mass is 350 g/mol. The van der Waals surface area contributed by atoms with Crippen LogP contribution in [0.4, 0.5) is 0 Å². The lowest BCUT2D eigenvalue weighted by Crippen LogP contribution is -2.47. The summed E-state index contributed by atoms with van der Waals surface area (Å²) in [5, 5.41) is 11.0. The number of methoxy groups -OCH3 is 2. The Morgan fingerprint density at radius 2 is 1.64 bits per heavy atom. The van der Waals surface area contributed by atoms with Crippen molar-refractivity contribution in [1.29, 1.82) is 0 Å². The van der Waals surface area contributed by atoms with Crippen LogP contribution in [0.1, 0.15) is 44.7 Å². The van der Waals surface area contributed by atoms with Crippen molar-refractivity contribution >= 4 is 0 Å². The minimum Gasteiger partial charge on any atom is -0.496 e. The first kappa shape index (κ1) is 18.5. The Balaban J connectivity index is 2.22. The summed E-state index contributed by atoms with van der Waals surface area (Å²) < 4.78 is 23.3. The molecule has 0 bridgehead atoms. The number of ether oxygens (including phenoxy) is 4.